The molecular formula is C18H21N3O3S. The van der Waals surface area contributed by atoms with E-state index in [4.69, 9.17) is 10.5 Å². The summed E-state index contributed by atoms with van der Waals surface area (Å²) in [5, 5.41) is 4.23. The zero-order valence-electron chi connectivity index (χ0n) is 13.9. The summed E-state index contributed by atoms with van der Waals surface area (Å²) in [6, 6.07) is 8.82. The van der Waals surface area contributed by atoms with Crippen LogP contribution in [0.15, 0.2) is 41.1 Å². The first-order chi connectivity index (χ1) is 12.1. The molecule has 3 rings (SSSR count). The number of para-hydroxylation sites is 1. The fourth-order valence-corrected chi connectivity index (χ4v) is 3.48. The summed E-state index contributed by atoms with van der Waals surface area (Å²) in [6.45, 7) is 3.90. The number of primary amides is 1. The quantitative estimate of drug-likeness (QED) is 0.849. The van der Waals surface area contributed by atoms with Crippen LogP contribution in [0.25, 0.3) is 0 Å². The highest BCUT2D eigenvalue weighted by Gasteiger charge is 2.22. The maximum absolute atomic E-state index is 12.3. The lowest BCUT2D eigenvalue weighted by Crippen LogP contribution is -2.49. The molecule has 1 aliphatic heterocycles. The number of ether oxygens (including phenoxy) is 1. The minimum absolute atomic E-state index is 0.0746. The van der Waals surface area contributed by atoms with Crippen molar-refractivity contribution in [3.8, 4) is 5.75 Å². The van der Waals surface area contributed by atoms with Crippen LogP contribution in [-0.2, 0) is 11.3 Å². The monoisotopic (exact) mass is 359 g/mol. The highest BCUT2D eigenvalue weighted by atomic mass is 32.1. The van der Waals surface area contributed by atoms with E-state index in [1.807, 2.05) is 0 Å². The second-order valence-corrected chi connectivity index (χ2v) is 6.72. The van der Waals surface area contributed by atoms with Gasteiger partial charge in [0, 0.05) is 32.7 Å². The molecule has 6 nitrogen and oxygen atoms in total. The summed E-state index contributed by atoms with van der Waals surface area (Å²) in [6.07, 6.45) is 0. The first-order valence-electron chi connectivity index (χ1n) is 8.16. The predicted octanol–water partition coefficient (Wildman–Crippen LogP) is 1.57. The number of carbonyl (C=O) groups is 2. The number of thiophene rings is 1. The number of benzene rings is 1. The first kappa shape index (κ1) is 17.4. The average molecular weight is 359 g/mol. The minimum Gasteiger partial charge on any atom is -0.483 e. The number of carbonyl (C=O) groups excluding carboxylic acids is 2. The Labute approximate surface area is 150 Å². The van der Waals surface area contributed by atoms with E-state index in [1.54, 1.807) is 40.5 Å². The number of nitrogens with zero attached hydrogens (tertiary/aromatic N) is 2. The van der Waals surface area contributed by atoms with Gasteiger partial charge in [-0.1, -0.05) is 12.1 Å². The smallest absolute Gasteiger partial charge is 0.260 e. The molecule has 0 atom stereocenters. The Morgan fingerprint density at radius 1 is 1.12 bits per heavy atom. The second kappa shape index (κ2) is 8.13. The molecule has 2 heterocycles. The molecule has 25 heavy (non-hydrogen) atoms. The molecule has 0 aliphatic carbocycles. The second-order valence-electron chi connectivity index (χ2n) is 5.94. The van der Waals surface area contributed by atoms with Gasteiger partial charge in [0.2, 0.25) is 0 Å². The molecule has 1 aromatic carbocycles. The Morgan fingerprint density at radius 3 is 2.56 bits per heavy atom. The van der Waals surface area contributed by atoms with Crippen LogP contribution in [0.2, 0.25) is 0 Å². The van der Waals surface area contributed by atoms with E-state index in [0.717, 1.165) is 19.6 Å². The number of hydrogen-bond acceptors (Lipinski definition) is 5. The topological polar surface area (TPSA) is 75.9 Å². The first-order valence-corrected chi connectivity index (χ1v) is 9.10. The molecule has 0 spiro atoms. The third kappa shape index (κ3) is 4.58. The predicted molar refractivity (Wildman–Crippen MR) is 96.6 cm³/mol. The number of hydrogen-bond donors (Lipinski definition) is 1. The van der Waals surface area contributed by atoms with Crippen LogP contribution in [0.4, 0.5) is 0 Å². The molecule has 2 aromatic rings. The lowest BCUT2D eigenvalue weighted by atomic mass is 10.2. The van der Waals surface area contributed by atoms with Gasteiger partial charge in [0.25, 0.3) is 11.8 Å². The highest BCUT2D eigenvalue weighted by molar-refractivity contribution is 7.07. The van der Waals surface area contributed by atoms with Gasteiger partial charge in [-0.15, -0.1) is 0 Å². The van der Waals surface area contributed by atoms with E-state index in [9.17, 15) is 9.59 Å². The largest absolute Gasteiger partial charge is 0.483 e. The third-order valence-electron chi connectivity index (χ3n) is 4.21. The van der Waals surface area contributed by atoms with Crippen LogP contribution in [-0.4, -0.2) is 54.4 Å². The van der Waals surface area contributed by atoms with Crippen LogP contribution in [0.5, 0.6) is 5.75 Å². The summed E-state index contributed by atoms with van der Waals surface area (Å²) < 4.78 is 5.52. The summed E-state index contributed by atoms with van der Waals surface area (Å²) in [5.74, 6) is -0.293. The zero-order chi connectivity index (χ0) is 17.6. The summed E-state index contributed by atoms with van der Waals surface area (Å²) in [5.41, 5.74) is 6.92. The molecule has 0 bridgehead atoms. The van der Waals surface area contributed by atoms with Gasteiger partial charge in [-0.25, -0.2) is 0 Å². The standard InChI is InChI=1S/C18H21N3O3S/c19-18(23)15-3-1-2-4-16(15)24-12-17(22)21-8-6-20(7-9-21)11-14-5-10-25-13-14/h1-5,10,13H,6-9,11-12H2,(H2,19,23). The van der Waals surface area contributed by atoms with Crippen LogP contribution in [0.1, 0.15) is 15.9 Å². The third-order valence-corrected chi connectivity index (χ3v) is 4.95. The molecule has 1 fully saturated rings. The summed E-state index contributed by atoms with van der Waals surface area (Å²) in [4.78, 5) is 27.9. The Balaban J connectivity index is 1.48. The van der Waals surface area contributed by atoms with Crippen molar-refractivity contribution in [2.24, 2.45) is 5.73 Å². The summed E-state index contributed by atoms with van der Waals surface area (Å²) >= 11 is 1.70. The van der Waals surface area contributed by atoms with Gasteiger partial charge in [0.1, 0.15) is 5.75 Å². The van der Waals surface area contributed by atoms with Crippen molar-refractivity contribution in [2.45, 2.75) is 6.54 Å². The maximum Gasteiger partial charge on any atom is 0.260 e. The fraction of sp³-hybridized carbons (Fsp3) is 0.333. The lowest BCUT2D eigenvalue weighted by Gasteiger charge is -2.34. The molecule has 1 aromatic heterocycles. The van der Waals surface area contributed by atoms with Crippen molar-refractivity contribution in [3.63, 3.8) is 0 Å². The summed E-state index contributed by atoms with van der Waals surface area (Å²) in [7, 11) is 0. The molecule has 0 unspecified atom stereocenters. The van der Waals surface area contributed by atoms with E-state index in [-0.39, 0.29) is 18.1 Å². The lowest BCUT2D eigenvalue weighted by molar-refractivity contribution is -0.135. The fourth-order valence-electron chi connectivity index (χ4n) is 2.82. The normalized spacial score (nSPS) is 15.1. The SMILES string of the molecule is NC(=O)c1ccccc1OCC(=O)N1CCN(Cc2ccsc2)CC1. The average Bonchev–Trinajstić information content (AvgIpc) is 3.13. The van der Waals surface area contributed by atoms with E-state index in [0.29, 0.717) is 18.8 Å². The molecule has 0 saturated carbocycles. The Hall–Kier alpha value is -2.38. The number of piperazine rings is 1. The van der Waals surface area contributed by atoms with Gasteiger partial charge in [-0.3, -0.25) is 14.5 Å². The van der Waals surface area contributed by atoms with Gasteiger partial charge in [-0.2, -0.15) is 11.3 Å². The van der Waals surface area contributed by atoms with Crippen molar-refractivity contribution < 1.29 is 14.3 Å². The van der Waals surface area contributed by atoms with Crippen molar-refractivity contribution in [3.05, 3.63) is 52.2 Å². The van der Waals surface area contributed by atoms with Gasteiger partial charge in [0.15, 0.2) is 6.61 Å². The van der Waals surface area contributed by atoms with Crippen molar-refractivity contribution in [1.82, 2.24) is 9.80 Å². The van der Waals surface area contributed by atoms with Gasteiger partial charge >= 0.3 is 0 Å². The van der Waals surface area contributed by atoms with Crippen LogP contribution >= 0.6 is 11.3 Å². The molecule has 132 valence electrons. The molecule has 0 radical (unpaired) electrons. The van der Waals surface area contributed by atoms with Gasteiger partial charge in [0.05, 0.1) is 5.56 Å². The van der Waals surface area contributed by atoms with Gasteiger partial charge < -0.3 is 15.4 Å². The van der Waals surface area contributed by atoms with E-state index < -0.39 is 5.91 Å². The van der Waals surface area contributed by atoms with Crippen molar-refractivity contribution >= 4 is 23.2 Å². The van der Waals surface area contributed by atoms with E-state index in [1.165, 1.54) is 5.56 Å². The number of rotatable bonds is 6. The van der Waals surface area contributed by atoms with E-state index in [2.05, 4.69) is 21.7 Å². The molecule has 2 amide bonds. The molecular weight excluding hydrogens is 338 g/mol. The zero-order valence-corrected chi connectivity index (χ0v) is 14.7. The van der Waals surface area contributed by atoms with Crippen LogP contribution in [0, 0.1) is 0 Å². The molecule has 2 N–H and O–H groups in total. The minimum atomic E-state index is -0.565. The van der Waals surface area contributed by atoms with Crippen LogP contribution < -0.4 is 10.5 Å². The highest BCUT2D eigenvalue weighted by Crippen LogP contribution is 2.17. The number of nitrogens with two attached hydrogens (primary N) is 1. The Morgan fingerprint density at radius 2 is 1.88 bits per heavy atom. The number of amides is 2. The Kier molecular flexibility index (Phi) is 5.67. The molecule has 7 heteroatoms. The van der Waals surface area contributed by atoms with Crippen molar-refractivity contribution in [2.75, 3.05) is 32.8 Å². The van der Waals surface area contributed by atoms with E-state index >= 15 is 0 Å². The molecule has 1 aliphatic rings. The maximum atomic E-state index is 12.3. The Bertz CT molecular complexity index is 725. The molecule has 1 saturated heterocycles. The van der Waals surface area contributed by atoms with Gasteiger partial charge in [-0.05, 0) is 34.5 Å². The van der Waals surface area contributed by atoms with Crippen LogP contribution in [0.3, 0.4) is 0 Å². The van der Waals surface area contributed by atoms with Crippen molar-refractivity contribution in [1.29, 1.82) is 0 Å².